The molecule has 21 heavy (non-hydrogen) atoms. The van der Waals surface area contributed by atoms with Gasteiger partial charge < -0.3 is 10.4 Å². The van der Waals surface area contributed by atoms with Gasteiger partial charge in [0.25, 0.3) is 0 Å². The van der Waals surface area contributed by atoms with E-state index in [-0.39, 0.29) is 10.5 Å². The summed E-state index contributed by atoms with van der Waals surface area (Å²) in [6, 6.07) is 4.00. The Morgan fingerprint density at radius 2 is 2.05 bits per heavy atom. The highest BCUT2D eigenvalue weighted by Crippen LogP contribution is 2.22. The van der Waals surface area contributed by atoms with E-state index in [0.29, 0.717) is 18.7 Å². The van der Waals surface area contributed by atoms with Crippen LogP contribution < -0.4 is 5.32 Å². The highest BCUT2D eigenvalue weighted by Gasteiger charge is 2.20. The van der Waals surface area contributed by atoms with E-state index in [0.717, 1.165) is 10.4 Å². The number of nitrogens with one attached hydrogen (secondary N) is 1. The molecule has 6 nitrogen and oxygen atoms in total. The van der Waals surface area contributed by atoms with Gasteiger partial charge in [-0.05, 0) is 25.1 Å². The third-order valence-corrected chi connectivity index (χ3v) is 4.55. The fraction of sp³-hybridized carbons (Fsp3) is 0.357. The van der Waals surface area contributed by atoms with Crippen LogP contribution in [0.4, 0.5) is 5.69 Å². The number of rotatable bonds is 6. The van der Waals surface area contributed by atoms with Gasteiger partial charge in [-0.25, -0.2) is 17.5 Å². The van der Waals surface area contributed by atoms with Crippen molar-refractivity contribution in [3.05, 3.63) is 23.8 Å². The number of sulfonamides is 1. The Bertz CT molecular complexity index is 685. The minimum absolute atomic E-state index is 0.0520. The van der Waals surface area contributed by atoms with Crippen LogP contribution >= 0.6 is 0 Å². The zero-order valence-electron chi connectivity index (χ0n) is 12.2. The summed E-state index contributed by atoms with van der Waals surface area (Å²) in [7, 11) is -0.871. The molecular weight excluding hydrogens is 292 g/mol. The van der Waals surface area contributed by atoms with E-state index in [1.54, 1.807) is 6.92 Å². The van der Waals surface area contributed by atoms with Gasteiger partial charge in [-0.1, -0.05) is 0 Å². The van der Waals surface area contributed by atoms with E-state index in [1.807, 2.05) is 0 Å². The first-order chi connectivity index (χ1) is 9.80. The van der Waals surface area contributed by atoms with Crippen LogP contribution in [0.15, 0.2) is 23.1 Å². The largest absolute Gasteiger partial charge is 0.478 e. The van der Waals surface area contributed by atoms with Crippen LogP contribution in [0.2, 0.25) is 0 Å². The predicted octanol–water partition coefficient (Wildman–Crippen LogP) is 1.46. The minimum atomic E-state index is -3.66. The lowest BCUT2D eigenvalue weighted by molar-refractivity contribution is 0.0697. The number of hydrogen-bond donors (Lipinski definition) is 2. The SMILES string of the molecule is CC#CCCNc1ccc(S(=O)(=O)N(C)C)cc1C(=O)O. The first-order valence-electron chi connectivity index (χ1n) is 6.24. The number of benzene rings is 1. The molecule has 0 aliphatic carbocycles. The molecule has 0 fully saturated rings. The number of anilines is 1. The summed E-state index contributed by atoms with van der Waals surface area (Å²) in [5.41, 5.74) is 0.292. The second kappa shape index (κ2) is 7.11. The van der Waals surface area contributed by atoms with E-state index >= 15 is 0 Å². The molecule has 0 unspecified atom stereocenters. The van der Waals surface area contributed by atoms with Gasteiger partial charge in [0.2, 0.25) is 10.0 Å². The molecule has 0 aliphatic heterocycles. The van der Waals surface area contributed by atoms with Crippen LogP contribution in [0.25, 0.3) is 0 Å². The molecule has 0 aliphatic rings. The fourth-order valence-electron chi connectivity index (χ4n) is 1.61. The zero-order valence-corrected chi connectivity index (χ0v) is 13.0. The first kappa shape index (κ1) is 17.0. The van der Waals surface area contributed by atoms with Gasteiger partial charge in [-0.2, -0.15) is 0 Å². The van der Waals surface area contributed by atoms with E-state index in [9.17, 15) is 18.3 Å². The third-order valence-electron chi connectivity index (χ3n) is 2.74. The average Bonchev–Trinajstić information content (AvgIpc) is 2.43. The van der Waals surface area contributed by atoms with Crippen molar-refractivity contribution in [3.63, 3.8) is 0 Å². The number of carboxylic acid groups (broad SMARTS) is 1. The van der Waals surface area contributed by atoms with Crippen molar-refractivity contribution in [2.24, 2.45) is 0 Å². The molecular formula is C14H18N2O4S. The molecule has 0 bridgehead atoms. The second-order valence-electron chi connectivity index (χ2n) is 4.40. The summed E-state index contributed by atoms with van der Waals surface area (Å²) in [6.45, 7) is 2.21. The van der Waals surface area contributed by atoms with Crippen LogP contribution in [0.1, 0.15) is 23.7 Å². The average molecular weight is 310 g/mol. The predicted molar refractivity (Wildman–Crippen MR) is 80.8 cm³/mol. The molecule has 114 valence electrons. The molecule has 7 heteroatoms. The summed E-state index contributed by atoms with van der Waals surface area (Å²) < 4.78 is 25.1. The summed E-state index contributed by atoms with van der Waals surface area (Å²) in [4.78, 5) is 11.2. The maximum Gasteiger partial charge on any atom is 0.337 e. The highest BCUT2D eigenvalue weighted by molar-refractivity contribution is 7.89. The Balaban J connectivity index is 3.13. The maximum atomic E-state index is 12.0. The number of aromatic carboxylic acids is 1. The number of carbonyl (C=O) groups is 1. The molecule has 1 rings (SSSR count). The molecule has 0 saturated heterocycles. The van der Waals surface area contributed by atoms with E-state index < -0.39 is 16.0 Å². The molecule has 0 heterocycles. The van der Waals surface area contributed by atoms with Gasteiger partial charge in [-0.3, -0.25) is 0 Å². The lowest BCUT2D eigenvalue weighted by atomic mass is 10.2. The summed E-state index contributed by atoms with van der Waals surface area (Å²) in [5.74, 6) is 4.41. The second-order valence-corrected chi connectivity index (χ2v) is 6.56. The van der Waals surface area contributed by atoms with Crippen molar-refractivity contribution >= 4 is 21.7 Å². The van der Waals surface area contributed by atoms with Gasteiger partial charge in [0.15, 0.2) is 0 Å². The maximum absolute atomic E-state index is 12.0. The topological polar surface area (TPSA) is 86.7 Å². The normalized spacial score (nSPS) is 10.9. The van der Waals surface area contributed by atoms with E-state index in [1.165, 1.54) is 26.2 Å². The van der Waals surface area contributed by atoms with E-state index in [2.05, 4.69) is 17.2 Å². The number of carboxylic acids is 1. The lowest BCUT2D eigenvalue weighted by Crippen LogP contribution is -2.22. The van der Waals surface area contributed by atoms with Gasteiger partial charge in [-0.15, -0.1) is 11.8 Å². The first-order valence-corrected chi connectivity index (χ1v) is 7.68. The van der Waals surface area contributed by atoms with Gasteiger partial charge in [0, 0.05) is 32.7 Å². The van der Waals surface area contributed by atoms with Crippen LogP contribution in [0.3, 0.4) is 0 Å². The molecule has 0 radical (unpaired) electrons. The van der Waals surface area contributed by atoms with Crippen molar-refractivity contribution in [1.82, 2.24) is 4.31 Å². The minimum Gasteiger partial charge on any atom is -0.478 e. The van der Waals surface area contributed by atoms with Gasteiger partial charge in [0.05, 0.1) is 10.5 Å². The smallest absolute Gasteiger partial charge is 0.337 e. The molecule has 2 N–H and O–H groups in total. The Morgan fingerprint density at radius 3 is 2.57 bits per heavy atom. The van der Waals surface area contributed by atoms with Crippen molar-refractivity contribution in [2.75, 3.05) is 26.0 Å². The molecule has 0 aromatic heterocycles. The van der Waals surface area contributed by atoms with Crippen molar-refractivity contribution in [2.45, 2.75) is 18.2 Å². The molecule has 0 atom stereocenters. The van der Waals surface area contributed by atoms with Crippen molar-refractivity contribution < 1.29 is 18.3 Å². The lowest BCUT2D eigenvalue weighted by Gasteiger charge is -2.14. The summed E-state index contributed by atoms with van der Waals surface area (Å²) in [6.07, 6.45) is 0.577. The number of nitrogens with zero attached hydrogens (tertiary/aromatic N) is 1. The molecule has 0 amide bonds. The molecule has 1 aromatic carbocycles. The van der Waals surface area contributed by atoms with Crippen molar-refractivity contribution in [1.29, 1.82) is 0 Å². The zero-order chi connectivity index (χ0) is 16.0. The Morgan fingerprint density at radius 1 is 1.38 bits per heavy atom. The highest BCUT2D eigenvalue weighted by atomic mass is 32.2. The summed E-state index contributed by atoms with van der Waals surface area (Å²) >= 11 is 0. The van der Waals surface area contributed by atoms with Crippen LogP contribution in [0.5, 0.6) is 0 Å². The monoisotopic (exact) mass is 310 g/mol. The van der Waals surface area contributed by atoms with Gasteiger partial charge in [0.1, 0.15) is 0 Å². The summed E-state index contributed by atoms with van der Waals surface area (Å²) in [5, 5.41) is 12.2. The van der Waals surface area contributed by atoms with E-state index in [4.69, 9.17) is 0 Å². The molecule has 0 saturated carbocycles. The fourth-order valence-corrected chi connectivity index (χ4v) is 2.54. The Labute approximate surface area is 124 Å². The molecule has 1 aromatic rings. The van der Waals surface area contributed by atoms with Gasteiger partial charge >= 0.3 is 5.97 Å². The number of hydrogen-bond acceptors (Lipinski definition) is 4. The van der Waals surface area contributed by atoms with Crippen LogP contribution in [0, 0.1) is 11.8 Å². The molecule has 0 spiro atoms. The van der Waals surface area contributed by atoms with Crippen LogP contribution in [-0.4, -0.2) is 44.4 Å². The van der Waals surface area contributed by atoms with Crippen molar-refractivity contribution in [3.8, 4) is 11.8 Å². The standard InChI is InChI=1S/C14H18N2O4S/c1-4-5-6-9-15-13-8-7-11(10-12(13)14(17)18)21(19,20)16(2)3/h7-8,10,15H,6,9H2,1-3H3,(H,17,18). The third kappa shape index (κ3) is 4.21. The Hall–Kier alpha value is -2.04. The van der Waals surface area contributed by atoms with Crippen LogP contribution in [-0.2, 0) is 10.0 Å². The Kier molecular flexibility index (Phi) is 5.76. The quantitative estimate of drug-likeness (QED) is 0.613.